The molecule has 8 atom stereocenters. The molecule has 4 aliphatic carbocycles. The molecule has 4 unspecified atom stereocenters. The molecular formula is C27H46O. The van der Waals surface area contributed by atoms with Gasteiger partial charge in [-0.05, 0) is 97.7 Å². The fourth-order valence-electron chi connectivity index (χ4n) is 8.51. The van der Waals surface area contributed by atoms with Crippen LogP contribution in [0.3, 0.4) is 0 Å². The second-order valence-corrected chi connectivity index (χ2v) is 12.2. The highest BCUT2D eigenvalue weighted by Crippen LogP contribution is 2.66. The van der Waals surface area contributed by atoms with Crippen molar-refractivity contribution in [1.29, 1.82) is 0 Å². The first-order chi connectivity index (χ1) is 13.3. The Morgan fingerprint density at radius 1 is 0.964 bits per heavy atom. The van der Waals surface area contributed by atoms with Gasteiger partial charge in [-0.2, -0.15) is 0 Å². The minimum atomic E-state index is -0.0376. The third-order valence-corrected chi connectivity index (χ3v) is 10.3. The Balaban J connectivity index is 1.50. The summed E-state index contributed by atoms with van der Waals surface area (Å²) in [7, 11) is 0. The van der Waals surface area contributed by atoms with Crippen LogP contribution in [-0.4, -0.2) is 11.2 Å². The zero-order valence-corrected chi connectivity index (χ0v) is 19.3. The monoisotopic (exact) mass is 386 g/mol. The van der Waals surface area contributed by atoms with Crippen LogP contribution in [-0.2, 0) is 0 Å². The van der Waals surface area contributed by atoms with Gasteiger partial charge in [0.15, 0.2) is 0 Å². The van der Waals surface area contributed by atoms with Crippen molar-refractivity contribution in [2.45, 2.75) is 111 Å². The smallest absolute Gasteiger partial charge is 0.0543 e. The van der Waals surface area contributed by atoms with Crippen LogP contribution in [0, 0.1) is 46.3 Å². The standard InChI is InChI=1S/C27H46O/c1-18(2)7-6-8-19(3)23-11-12-24-22-10-9-20-17-21(28)13-15-26(20,4)25(22)14-16-27(23,24)5/h10,18-21,23-25,28H,6-9,11-17H2,1-5H3/t19?,20?,21-,23+,24?,25?,26-,27+/m0/s1. The van der Waals surface area contributed by atoms with Crippen molar-refractivity contribution in [3.63, 3.8) is 0 Å². The first-order valence-corrected chi connectivity index (χ1v) is 12.6. The number of fused-ring (bicyclic) bond motifs is 5. The molecule has 0 aliphatic heterocycles. The maximum Gasteiger partial charge on any atom is 0.0543 e. The van der Waals surface area contributed by atoms with E-state index in [0.29, 0.717) is 10.8 Å². The van der Waals surface area contributed by atoms with Crippen LogP contribution in [0.5, 0.6) is 0 Å². The molecule has 0 aromatic carbocycles. The van der Waals surface area contributed by atoms with E-state index >= 15 is 0 Å². The molecule has 0 bridgehead atoms. The Morgan fingerprint density at radius 3 is 2.43 bits per heavy atom. The fraction of sp³-hybridized carbons (Fsp3) is 0.926. The molecule has 0 saturated heterocycles. The van der Waals surface area contributed by atoms with E-state index in [1.807, 2.05) is 5.57 Å². The molecule has 3 saturated carbocycles. The van der Waals surface area contributed by atoms with Crippen molar-refractivity contribution in [2.24, 2.45) is 46.3 Å². The molecule has 0 aromatic heterocycles. The number of hydrogen-bond donors (Lipinski definition) is 1. The predicted octanol–water partition coefficient (Wildman–Crippen LogP) is 7.39. The maximum atomic E-state index is 10.2. The lowest BCUT2D eigenvalue weighted by atomic mass is 9.47. The largest absolute Gasteiger partial charge is 0.393 e. The molecule has 0 aromatic rings. The van der Waals surface area contributed by atoms with Gasteiger partial charge in [-0.3, -0.25) is 0 Å². The number of hydrogen-bond acceptors (Lipinski definition) is 1. The Hall–Kier alpha value is -0.300. The van der Waals surface area contributed by atoms with Crippen molar-refractivity contribution >= 4 is 0 Å². The van der Waals surface area contributed by atoms with Crippen molar-refractivity contribution in [2.75, 3.05) is 0 Å². The summed E-state index contributed by atoms with van der Waals surface area (Å²) in [5.41, 5.74) is 2.89. The molecular weight excluding hydrogens is 340 g/mol. The lowest BCUT2D eigenvalue weighted by molar-refractivity contribution is -0.0427. The topological polar surface area (TPSA) is 20.2 Å². The highest BCUT2D eigenvalue weighted by Gasteiger charge is 2.58. The summed E-state index contributed by atoms with van der Waals surface area (Å²) >= 11 is 0. The van der Waals surface area contributed by atoms with Crippen LogP contribution in [0.1, 0.15) is 105 Å². The molecule has 0 radical (unpaired) electrons. The first-order valence-electron chi connectivity index (χ1n) is 12.6. The summed E-state index contributed by atoms with van der Waals surface area (Å²) < 4.78 is 0. The summed E-state index contributed by atoms with van der Waals surface area (Å²) in [5, 5.41) is 10.2. The van der Waals surface area contributed by atoms with Gasteiger partial charge in [0.25, 0.3) is 0 Å². The number of allylic oxidation sites excluding steroid dienone is 2. The van der Waals surface area contributed by atoms with Gasteiger partial charge in [-0.15, -0.1) is 0 Å². The van der Waals surface area contributed by atoms with Gasteiger partial charge >= 0.3 is 0 Å². The van der Waals surface area contributed by atoms with Gasteiger partial charge in [0.1, 0.15) is 0 Å². The van der Waals surface area contributed by atoms with E-state index in [1.54, 1.807) is 0 Å². The zero-order valence-electron chi connectivity index (χ0n) is 19.3. The van der Waals surface area contributed by atoms with Crippen LogP contribution in [0.2, 0.25) is 0 Å². The Labute approximate surface area is 174 Å². The minimum absolute atomic E-state index is 0.0376. The minimum Gasteiger partial charge on any atom is -0.393 e. The second-order valence-electron chi connectivity index (χ2n) is 12.2. The SMILES string of the molecule is CC(C)CCCC(C)[C@H]1CCC2C3=CCC4C[C@@H](O)CC[C@]4(C)C3CC[C@@]21C. The molecule has 4 aliphatic rings. The zero-order chi connectivity index (χ0) is 20.1. The molecule has 1 heteroatoms. The number of aliphatic hydroxyl groups is 1. The highest BCUT2D eigenvalue weighted by molar-refractivity contribution is 5.27. The van der Waals surface area contributed by atoms with Crippen molar-refractivity contribution in [3.05, 3.63) is 11.6 Å². The molecule has 28 heavy (non-hydrogen) atoms. The van der Waals surface area contributed by atoms with Gasteiger partial charge in [-0.1, -0.05) is 65.5 Å². The third-order valence-electron chi connectivity index (χ3n) is 10.3. The van der Waals surface area contributed by atoms with Gasteiger partial charge in [0.2, 0.25) is 0 Å². The second kappa shape index (κ2) is 7.75. The van der Waals surface area contributed by atoms with Gasteiger partial charge in [0, 0.05) is 0 Å². The molecule has 1 N–H and O–H groups in total. The van der Waals surface area contributed by atoms with Crippen molar-refractivity contribution < 1.29 is 5.11 Å². The number of rotatable bonds is 5. The lowest BCUT2D eigenvalue weighted by Crippen LogP contribution is -2.49. The van der Waals surface area contributed by atoms with Crippen LogP contribution in [0.15, 0.2) is 11.6 Å². The molecule has 1 nitrogen and oxygen atoms in total. The Bertz CT molecular complexity index is 591. The van der Waals surface area contributed by atoms with Crippen LogP contribution in [0.4, 0.5) is 0 Å². The summed E-state index contributed by atoms with van der Waals surface area (Å²) in [4.78, 5) is 0. The van der Waals surface area contributed by atoms with Crippen LogP contribution in [0.25, 0.3) is 0 Å². The Kier molecular flexibility index (Phi) is 5.80. The highest BCUT2D eigenvalue weighted by atomic mass is 16.3. The van der Waals surface area contributed by atoms with E-state index in [1.165, 1.54) is 57.8 Å². The average Bonchev–Trinajstić information content (AvgIpc) is 2.99. The molecule has 3 fully saturated rings. The molecule has 4 rings (SSSR count). The molecule has 0 spiro atoms. The normalized spacial score (nSPS) is 46.5. The third kappa shape index (κ3) is 3.42. The molecule has 160 valence electrons. The van der Waals surface area contributed by atoms with E-state index in [0.717, 1.165) is 48.3 Å². The van der Waals surface area contributed by atoms with E-state index in [2.05, 4.69) is 40.7 Å². The number of aliphatic hydroxyl groups excluding tert-OH is 1. The quantitative estimate of drug-likeness (QED) is 0.488. The first kappa shape index (κ1) is 21.0. The summed E-state index contributed by atoms with van der Waals surface area (Å²) in [6.45, 7) is 12.6. The van der Waals surface area contributed by atoms with E-state index in [-0.39, 0.29) is 6.10 Å². The molecule has 0 amide bonds. The van der Waals surface area contributed by atoms with Crippen LogP contribution >= 0.6 is 0 Å². The maximum absolute atomic E-state index is 10.2. The van der Waals surface area contributed by atoms with Gasteiger partial charge in [0.05, 0.1) is 6.10 Å². The Morgan fingerprint density at radius 2 is 1.68 bits per heavy atom. The lowest BCUT2D eigenvalue weighted by Gasteiger charge is -2.57. The predicted molar refractivity (Wildman–Crippen MR) is 119 cm³/mol. The average molecular weight is 387 g/mol. The van der Waals surface area contributed by atoms with Crippen LogP contribution < -0.4 is 0 Å². The van der Waals surface area contributed by atoms with Gasteiger partial charge < -0.3 is 5.11 Å². The fourth-order valence-corrected chi connectivity index (χ4v) is 8.51. The van der Waals surface area contributed by atoms with Crippen molar-refractivity contribution in [3.8, 4) is 0 Å². The van der Waals surface area contributed by atoms with E-state index in [4.69, 9.17) is 0 Å². The van der Waals surface area contributed by atoms with Crippen molar-refractivity contribution in [1.82, 2.24) is 0 Å². The van der Waals surface area contributed by atoms with E-state index in [9.17, 15) is 5.11 Å². The summed E-state index contributed by atoms with van der Waals surface area (Å²) in [6, 6.07) is 0. The van der Waals surface area contributed by atoms with Gasteiger partial charge in [-0.25, -0.2) is 0 Å². The molecule has 0 heterocycles. The van der Waals surface area contributed by atoms with E-state index < -0.39 is 0 Å². The summed E-state index contributed by atoms with van der Waals surface area (Å²) in [6.07, 6.45) is 17.2. The summed E-state index contributed by atoms with van der Waals surface area (Å²) in [5.74, 6) is 5.07.